The SMILES string of the molecule is CC(=O)Cc1n[nH]nc1C(C)=O. The highest BCUT2D eigenvalue weighted by atomic mass is 16.1. The third-order valence-corrected chi connectivity index (χ3v) is 1.37. The molecule has 12 heavy (non-hydrogen) atoms. The molecule has 0 unspecified atom stereocenters. The van der Waals surface area contributed by atoms with Crippen LogP contribution in [0.3, 0.4) is 0 Å². The zero-order chi connectivity index (χ0) is 9.14. The average Bonchev–Trinajstić information content (AvgIpc) is 2.33. The van der Waals surface area contributed by atoms with Crippen LogP contribution in [0.25, 0.3) is 0 Å². The van der Waals surface area contributed by atoms with Gasteiger partial charge in [-0.05, 0) is 6.92 Å². The van der Waals surface area contributed by atoms with Gasteiger partial charge in [-0.3, -0.25) is 9.59 Å². The summed E-state index contributed by atoms with van der Waals surface area (Å²) in [6.45, 7) is 2.83. The second-order valence-electron chi connectivity index (χ2n) is 2.55. The maximum Gasteiger partial charge on any atom is 0.181 e. The molecule has 64 valence electrons. The Morgan fingerprint density at radius 2 is 2.00 bits per heavy atom. The summed E-state index contributed by atoms with van der Waals surface area (Å²) >= 11 is 0. The maximum absolute atomic E-state index is 10.9. The van der Waals surface area contributed by atoms with Crippen LogP contribution < -0.4 is 0 Å². The van der Waals surface area contributed by atoms with Crippen molar-refractivity contribution in [3.63, 3.8) is 0 Å². The summed E-state index contributed by atoms with van der Waals surface area (Å²) in [5, 5.41) is 9.64. The summed E-state index contributed by atoms with van der Waals surface area (Å²) in [5.74, 6) is -0.216. The van der Waals surface area contributed by atoms with Crippen molar-refractivity contribution in [2.24, 2.45) is 0 Å². The number of hydrogen-bond acceptors (Lipinski definition) is 4. The van der Waals surface area contributed by atoms with Gasteiger partial charge in [-0.15, -0.1) is 0 Å². The van der Waals surface area contributed by atoms with Crippen molar-refractivity contribution < 1.29 is 9.59 Å². The van der Waals surface area contributed by atoms with Gasteiger partial charge >= 0.3 is 0 Å². The number of aromatic amines is 1. The van der Waals surface area contributed by atoms with Crippen LogP contribution in [-0.2, 0) is 11.2 Å². The van der Waals surface area contributed by atoms with Crippen molar-refractivity contribution in [2.75, 3.05) is 0 Å². The molecule has 0 aromatic carbocycles. The molecule has 1 rings (SSSR count). The van der Waals surface area contributed by atoms with Gasteiger partial charge in [0, 0.05) is 6.92 Å². The van der Waals surface area contributed by atoms with Gasteiger partial charge in [-0.2, -0.15) is 15.4 Å². The first kappa shape index (κ1) is 8.58. The number of ketones is 2. The molecule has 1 N–H and O–H groups in total. The van der Waals surface area contributed by atoms with Gasteiger partial charge in [0.25, 0.3) is 0 Å². The number of Topliss-reactive ketones (excluding diaryl/α,β-unsaturated/α-hetero) is 2. The van der Waals surface area contributed by atoms with Gasteiger partial charge in [-0.1, -0.05) is 0 Å². The second-order valence-corrected chi connectivity index (χ2v) is 2.55. The summed E-state index contributed by atoms with van der Waals surface area (Å²) < 4.78 is 0. The van der Waals surface area contributed by atoms with Gasteiger partial charge < -0.3 is 0 Å². The van der Waals surface area contributed by atoms with E-state index in [-0.39, 0.29) is 23.7 Å². The molecule has 1 heterocycles. The largest absolute Gasteiger partial charge is 0.300 e. The predicted octanol–water partition coefficient (Wildman–Crippen LogP) is 0.139. The molecule has 0 radical (unpaired) electrons. The van der Waals surface area contributed by atoms with E-state index < -0.39 is 0 Å². The number of aromatic nitrogens is 3. The van der Waals surface area contributed by atoms with Crippen molar-refractivity contribution >= 4 is 11.6 Å². The van der Waals surface area contributed by atoms with Crippen molar-refractivity contribution in [3.05, 3.63) is 11.4 Å². The van der Waals surface area contributed by atoms with Crippen LogP contribution in [0.15, 0.2) is 0 Å². The monoisotopic (exact) mass is 167 g/mol. The van der Waals surface area contributed by atoms with Crippen LogP contribution >= 0.6 is 0 Å². The quantitative estimate of drug-likeness (QED) is 0.649. The first-order valence-electron chi connectivity index (χ1n) is 3.51. The van der Waals surface area contributed by atoms with E-state index in [9.17, 15) is 9.59 Å². The molecule has 0 fully saturated rings. The zero-order valence-electron chi connectivity index (χ0n) is 6.92. The minimum absolute atomic E-state index is 0.0357. The fourth-order valence-corrected chi connectivity index (χ4v) is 0.894. The molecule has 0 saturated heterocycles. The summed E-state index contributed by atoms with van der Waals surface area (Å²) in [6, 6.07) is 0. The highest BCUT2D eigenvalue weighted by Gasteiger charge is 2.12. The number of nitrogens with zero attached hydrogens (tertiary/aromatic N) is 2. The number of nitrogens with one attached hydrogen (secondary N) is 1. The number of rotatable bonds is 3. The summed E-state index contributed by atoms with van der Waals surface area (Å²) in [5.41, 5.74) is 0.681. The van der Waals surface area contributed by atoms with Crippen LogP contribution in [0, 0.1) is 0 Å². The van der Waals surface area contributed by atoms with Gasteiger partial charge in [0.15, 0.2) is 11.5 Å². The lowest BCUT2D eigenvalue weighted by atomic mass is 10.1. The Labute approximate surface area is 69.2 Å². The smallest absolute Gasteiger partial charge is 0.181 e. The molecule has 5 nitrogen and oxygen atoms in total. The van der Waals surface area contributed by atoms with E-state index in [0.29, 0.717) is 5.69 Å². The molecular formula is C7H9N3O2. The van der Waals surface area contributed by atoms with Crippen LogP contribution in [-0.4, -0.2) is 27.0 Å². The Morgan fingerprint density at radius 3 is 2.50 bits per heavy atom. The standard InChI is InChI=1S/C7H9N3O2/c1-4(11)3-6-7(5(2)12)9-10-8-6/h3H2,1-2H3,(H,8,9,10). The van der Waals surface area contributed by atoms with Crippen molar-refractivity contribution in [2.45, 2.75) is 20.3 Å². The highest BCUT2D eigenvalue weighted by molar-refractivity contribution is 5.94. The Hall–Kier alpha value is -1.52. The van der Waals surface area contributed by atoms with E-state index in [1.54, 1.807) is 0 Å². The lowest BCUT2D eigenvalue weighted by Crippen LogP contribution is -2.03. The first-order valence-corrected chi connectivity index (χ1v) is 3.51. The first-order chi connectivity index (χ1) is 5.61. The van der Waals surface area contributed by atoms with E-state index in [0.717, 1.165) is 0 Å². The second kappa shape index (κ2) is 3.25. The Bertz CT molecular complexity index is 316. The third-order valence-electron chi connectivity index (χ3n) is 1.37. The Balaban J connectivity index is 2.91. The van der Waals surface area contributed by atoms with E-state index in [2.05, 4.69) is 15.4 Å². The Kier molecular flexibility index (Phi) is 2.32. The van der Waals surface area contributed by atoms with Crippen LogP contribution in [0.4, 0.5) is 0 Å². The molecule has 0 aliphatic carbocycles. The highest BCUT2D eigenvalue weighted by Crippen LogP contribution is 2.02. The molecule has 0 aliphatic heterocycles. The van der Waals surface area contributed by atoms with E-state index >= 15 is 0 Å². The zero-order valence-corrected chi connectivity index (χ0v) is 6.92. The average molecular weight is 167 g/mol. The topological polar surface area (TPSA) is 75.7 Å². The molecule has 0 bridgehead atoms. The van der Waals surface area contributed by atoms with Crippen molar-refractivity contribution in [3.8, 4) is 0 Å². The van der Waals surface area contributed by atoms with Crippen molar-refractivity contribution in [1.82, 2.24) is 15.4 Å². The van der Waals surface area contributed by atoms with Crippen LogP contribution in [0.1, 0.15) is 30.0 Å². The summed E-state index contributed by atoms with van der Waals surface area (Å²) in [4.78, 5) is 21.6. The molecule has 0 atom stereocenters. The van der Waals surface area contributed by atoms with Gasteiger partial charge in [-0.25, -0.2) is 0 Å². The fraction of sp³-hybridized carbons (Fsp3) is 0.429. The molecule has 1 aromatic heterocycles. The number of carbonyl (C=O) groups excluding carboxylic acids is 2. The normalized spacial score (nSPS) is 9.83. The van der Waals surface area contributed by atoms with E-state index in [4.69, 9.17) is 0 Å². The molecule has 0 spiro atoms. The van der Waals surface area contributed by atoms with E-state index in [1.807, 2.05) is 0 Å². The summed E-state index contributed by atoms with van der Waals surface area (Å²) in [6.07, 6.45) is 0.158. The van der Waals surface area contributed by atoms with E-state index in [1.165, 1.54) is 13.8 Å². The molecule has 1 aromatic rings. The molecule has 5 heteroatoms. The number of carbonyl (C=O) groups is 2. The molecule has 0 amide bonds. The van der Waals surface area contributed by atoms with Crippen molar-refractivity contribution in [1.29, 1.82) is 0 Å². The van der Waals surface area contributed by atoms with Crippen LogP contribution in [0.5, 0.6) is 0 Å². The lowest BCUT2D eigenvalue weighted by Gasteiger charge is -1.91. The van der Waals surface area contributed by atoms with Gasteiger partial charge in [0.05, 0.1) is 6.42 Å². The van der Waals surface area contributed by atoms with Crippen LogP contribution in [0.2, 0.25) is 0 Å². The minimum atomic E-state index is -0.181. The van der Waals surface area contributed by atoms with Gasteiger partial charge in [0.1, 0.15) is 11.5 Å². The number of hydrogen-bond donors (Lipinski definition) is 1. The lowest BCUT2D eigenvalue weighted by molar-refractivity contribution is -0.116. The predicted molar refractivity (Wildman–Crippen MR) is 40.8 cm³/mol. The summed E-state index contributed by atoms with van der Waals surface area (Å²) in [7, 11) is 0. The minimum Gasteiger partial charge on any atom is -0.300 e. The maximum atomic E-state index is 10.9. The third kappa shape index (κ3) is 1.75. The fourth-order valence-electron chi connectivity index (χ4n) is 0.894. The molecule has 0 aliphatic rings. The van der Waals surface area contributed by atoms with Gasteiger partial charge in [0.2, 0.25) is 0 Å². The Morgan fingerprint density at radius 1 is 1.33 bits per heavy atom. The number of H-pyrrole nitrogens is 1. The molecule has 0 saturated carbocycles. The molecular weight excluding hydrogens is 158 g/mol.